The minimum Gasteiger partial charge on any atom is -0.353 e. The van der Waals surface area contributed by atoms with E-state index in [0.717, 1.165) is 68.1 Å². The number of aromatic nitrogens is 2. The van der Waals surface area contributed by atoms with E-state index in [1.807, 2.05) is 0 Å². The predicted octanol–water partition coefficient (Wildman–Crippen LogP) is 2.22. The summed E-state index contributed by atoms with van der Waals surface area (Å²) in [6.07, 6.45) is 6.49. The first-order valence-electron chi connectivity index (χ1n) is 9.24. The monoisotopic (exact) mass is 359 g/mol. The minimum absolute atomic E-state index is 0.303. The quantitative estimate of drug-likeness (QED) is 0.841. The van der Waals surface area contributed by atoms with Gasteiger partial charge in [-0.25, -0.2) is 9.97 Å². The molecular weight excluding hydrogens is 334 g/mol. The van der Waals surface area contributed by atoms with Gasteiger partial charge in [0.1, 0.15) is 17.0 Å². The molecule has 0 bridgehead atoms. The molecule has 0 aliphatic carbocycles. The molecule has 4 heterocycles. The normalized spacial score (nSPS) is 20.0. The van der Waals surface area contributed by atoms with E-state index in [9.17, 15) is 4.79 Å². The number of anilines is 1. The molecule has 0 saturated carbocycles. The van der Waals surface area contributed by atoms with Crippen molar-refractivity contribution in [1.82, 2.24) is 19.8 Å². The Kier molecular flexibility index (Phi) is 5.12. The molecule has 7 heteroatoms. The van der Waals surface area contributed by atoms with Crippen LogP contribution in [-0.4, -0.2) is 71.5 Å². The van der Waals surface area contributed by atoms with E-state index in [0.29, 0.717) is 12.5 Å². The molecule has 2 aromatic heterocycles. The van der Waals surface area contributed by atoms with Crippen molar-refractivity contribution in [3.8, 4) is 0 Å². The predicted molar refractivity (Wildman–Crippen MR) is 101 cm³/mol. The van der Waals surface area contributed by atoms with Crippen LogP contribution < -0.4 is 4.90 Å². The van der Waals surface area contributed by atoms with Gasteiger partial charge in [-0.2, -0.15) is 0 Å². The summed E-state index contributed by atoms with van der Waals surface area (Å²) in [7, 11) is 0. The number of nitrogens with zero attached hydrogens (tertiary/aromatic N) is 5. The Morgan fingerprint density at radius 2 is 1.76 bits per heavy atom. The minimum atomic E-state index is 0.303. The molecule has 4 rings (SSSR count). The van der Waals surface area contributed by atoms with Gasteiger partial charge in [0.05, 0.1) is 11.9 Å². The molecular formula is C18H25N5OS. The summed E-state index contributed by atoms with van der Waals surface area (Å²) < 4.78 is 0. The molecule has 0 atom stereocenters. The van der Waals surface area contributed by atoms with Crippen molar-refractivity contribution in [1.29, 1.82) is 0 Å². The molecule has 2 aliphatic heterocycles. The number of carbonyl (C=O) groups excluding carboxylic acids is 1. The van der Waals surface area contributed by atoms with Crippen molar-refractivity contribution in [3.05, 3.63) is 17.8 Å². The maximum absolute atomic E-state index is 12.6. The van der Waals surface area contributed by atoms with Gasteiger partial charge in [-0.3, -0.25) is 9.69 Å². The van der Waals surface area contributed by atoms with Gasteiger partial charge in [0.2, 0.25) is 5.91 Å². The third-order valence-corrected chi connectivity index (χ3v) is 6.05. The summed E-state index contributed by atoms with van der Waals surface area (Å²) in [6.45, 7) is 6.09. The maximum Gasteiger partial charge on any atom is 0.236 e. The summed E-state index contributed by atoms with van der Waals surface area (Å²) in [4.78, 5) is 29.1. The highest BCUT2D eigenvalue weighted by atomic mass is 32.1. The fourth-order valence-corrected chi connectivity index (χ4v) is 4.49. The maximum atomic E-state index is 12.6. The standard InChI is InChI=1S/C18H25N5OS/c24-16(22-6-3-1-2-4-7-22)13-21-8-10-23(11-9-21)17-15-5-12-25-18(15)20-14-19-17/h5,12,14H,1-4,6-11,13H2. The van der Waals surface area contributed by atoms with Crippen LogP contribution in [0.15, 0.2) is 17.8 Å². The fraction of sp³-hybridized carbons (Fsp3) is 0.611. The highest BCUT2D eigenvalue weighted by Gasteiger charge is 2.23. The second-order valence-electron chi connectivity index (χ2n) is 6.89. The van der Waals surface area contributed by atoms with Crippen LogP contribution in [0.2, 0.25) is 0 Å². The van der Waals surface area contributed by atoms with Crippen molar-refractivity contribution >= 4 is 33.3 Å². The summed E-state index contributed by atoms with van der Waals surface area (Å²) >= 11 is 1.65. The number of amides is 1. The van der Waals surface area contributed by atoms with Crippen molar-refractivity contribution in [2.45, 2.75) is 25.7 Å². The number of carbonyl (C=O) groups is 1. The second kappa shape index (κ2) is 7.66. The topological polar surface area (TPSA) is 52.6 Å². The summed E-state index contributed by atoms with van der Waals surface area (Å²) in [5.74, 6) is 1.34. The third-order valence-electron chi connectivity index (χ3n) is 5.23. The number of rotatable bonds is 3. The van der Waals surface area contributed by atoms with Gasteiger partial charge >= 0.3 is 0 Å². The van der Waals surface area contributed by atoms with Crippen LogP contribution >= 0.6 is 11.3 Å². The Balaban J connectivity index is 1.34. The van der Waals surface area contributed by atoms with E-state index >= 15 is 0 Å². The highest BCUT2D eigenvalue weighted by molar-refractivity contribution is 7.16. The SMILES string of the molecule is O=C(CN1CCN(c2ncnc3sccc23)CC1)N1CCCCCC1. The first kappa shape index (κ1) is 16.7. The zero-order valence-corrected chi connectivity index (χ0v) is 15.4. The average Bonchev–Trinajstić information content (AvgIpc) is 2.95. The number of likely N-dealkylation sites (tertiary alicyclic amines) is 1. The number of thiophene rings is 1. The first-order chi connectivity index (χ1) is 12.3. The average molecular weight is 359 g/mol. The lowest BCUT2D eigenvalue weighted by atomic mass is 10.2. The Morgan fingerprint density at radius 1 is 1.00 bits per heavy atom. The largest absolute Gasteiger partial charge is 0.353 e. The molecule has 25 heavy (non-hydrogen) atoms. The molecule has 2 aromatic rings. The van der Waals surface area contributed by atoms with Crippen molar-refractivity contribution < 1.29 is 4.79 Å². The smallest absolute Gasteiger partial charge is 0.236 e. The Bertz CT molecular complexity index is 717. The highest BCUT2D eigenvalue weighted by Crippen LogP contribution is 2.27. The van der Waals surface area contributed by atoms with E-state index in [-0.39, 0.29) is 0 Å². The van der Waals surface area contributed by atoms with Crippen molar-refractivity contribution in [2.75, 3.05) is 50.7 Å². The molecule has 0 aromatic carbocycles. The Hall–Kier alpha value is -1.73. The number of hydrogen-bond acceptors (Lipinski definition) is 6. The number of hydrogen-bond donors (Lipinski definition) is 0. The van der Waals surface area contributed by atoms with Gasteiger partial charge < -0.3 is 9.80 Å². The summed E-state index contributed by atoms with van der Waals surface area (Å²) in [6, 6.07) is 2.10. The summed E-state index contributed by atoms with van der Waals surface area (Å²) in [5.41, 5.74) is 0. The second-order valence-corrected chi connectivity index (χ2v) is 7.79. The van der Waals surface area contributed by atoms with Crippen LogP contribution in [0.25, 0.3) is 10.2 Å². The Labute approximate surface area is 152 Å². The van der Waals surface area contributed by atoms with Crippen molar-refractivity contribution in [3.63, 3.8) is 0 Å². The lowest BCUT2D eigenvalue weighted by molar-refractivity contribution is -0.132. The molecule has 0 radical (unpaired) electrons. The van der Waals surface area contributed by atoms with Gasteiger partial charge in [0.25, 0.3) is 0 Å². The van der Waals surface area contributed by atoms with Crippen LogP contribution in [-0.2, 0) is 4.79 Å². The van der Waals surface area contributed by atoms with Gasteiger partial charge in [0, 0.05) is 39.3 Å². The molecule has 0 unspecified atom stereocenters. The van der Waals surface area contributed by atoms with Crippen LogP contribution in [0.3, 0.4) is 0 Å². The van der Waals surface area contributed by atoms with E-state index < -0.39 is 0 Å². The first-order valence-corrected chi connectivity index (χ1v) is 10.1. The zero-order valence-electron chi connectivity index (χ0n) is 14.6. The van der Waals surface area contributed by atoms with Crippen molar-refractivity contribution in [2.24, 2.45) is 0 Å². The molecule has 0 spiro atoms. The van der Waals surface area contributed by atoms with E-state index in [1.165, 1.54) is 12.8 Å². The van der Waals surface area contributed by atoms with Crippen LogP contribution in [0.4, 0.5) is 5.82 Å². The Morgan fingerprint density at radius 3 is 2.52 bits per heavy atom. The van der Waals surface area contributed by atoms with Crippen LogP contribution in [0.1, 0.15) is 25.7 Å². The molecule has 2 fully saturated rings. The van der Waals surface area contributed by atoms with E-state index in [1.54, 1.807) is 17.7 Å². The third kappa shape index (κ3) is 3.77. The number of fused-ring (bicyclic) bond motifs is 1. The molecule has 2 saturated heterocycles. The van der Waals surface area contributed by atoms with Crippen LogP contribution in [0, 0.1) is 0 Å². The van der Waals surface area contributed by atoms with E-state index in [4.69, 9.17) is 0 Å². The van der Waals surface area contributed by atoms with E-state index in [2.05, 4.69) is 36.1 Å². The number of piperazine rings is 1. The lowest BCUT2D eigenvalue weighted by Crippen LogP contribution is -2.50. The van der Waals surface area contributed by atoms with Gasteiger partial charge in [-0.05, 0) is 24.3 Å². The molecule has 0 N–H and O–H groups in total. The van der Waals surface area contributed by atoms with Gasteiger partial charge in [0.15, 0.2) is 0 Å². The molecule has 1 amide bonds. The summed E-state index contributed by atoms with van der Waals surface area (Å²) in [5, 5.41) is 3.21. The van der Waals surface area contributed by atoms with Gasteiger partial charge in [-0.15, -0.1) is 11.3 Å². The molecule has 134 valence electrons. The van der Waals surface area contributed by atoms with Crippen LogP contribution in [0.5, 0.6) is 0 Å². The van der Waals surface area contributed by atoms with Gasteiger partial charge in [-0.1, -0.05) is 12.8 Å². The molecule has 6 nitrogen and oxygen atoms in total. The fourth-order valence-electron chi connectivity index (χ4n) is 3.76. The zero-order chi connectivity index (χ0) is 17.1. The molecule has 2 aliphatic rings. The lowest BCUT2D eigenvalue weighted by Gasteiger charge is -2.36.